The first-order valence-electron chi connectivity index (χ1n) is 10.2. The number of nitrogens with one attached hydrogen (secondary N) is 2. The van der Waals surface area contributed by atoms with Crippen LogP contribution >= 0.6 is 22.9 Å². The number of thiophene rings is 1. The zero-order valence-corrected chi connectivity index (χ0v) is 18.6. The van der Waals surface area contributed by atoms with E-state index in [9.17, 15) is 9.59 Å². The van der Waals surface area contributed by atoms with Crippen LogP contribution in [0.3, 0.4) is 0 Å². The quantitative estimate of drug-likeness (QED) is 0.556. The topological polar surface area (TPSA) is 61.4 Å². The molecule has 0 fully saturated rings. The van der Waals surface area contributed by atoms with Crippen LogP contribution in [0.2, 0.25) is 5.02 Å². The van der Waals surface area contributed by atoms with Crippen LogP contribution in [0.25, 0.3) is 0 Å². The highest BCUT2D eigenvalue weighted by molar-refractivity contribution is 7.10. The Morgan fingerprint density at radius 2 is 1.71 bits per heavy atom. The van der Waals surface area contributed by atoms with E-state index in [-0.39, 0.29) is 12.6 Å². The zero-order valence-electron chi connectivity index (χ0n) is 17.0. The largest absolute Gasteiger partial charge is 0.346 e. The van der Waals surface area contributed by atoms with Gasteiger partial charge in [0.2, 0.25) is 0 Å². The number of benzene rings is 2. The molecular weight excluding hydrogens is 430 g/mol. The van der Waals surface area contributed by atoms with Gasteiger partial charge in [0.15, 0.2) is 0 Å². The van der Waals surface area contributed by atoms with Crippen molar-refractivity contribution < 1.29 is 9.59 Å². The molecule has 0 aliphatic carbocycles. The third-order valence-corrected chi connectivity index (χ3v) is 6.73. The van der Waals surface area contributed by atoms with Gasteiger partial charge in [0, 0.05) is 36.1 Å². The standard InChI is InChI=1S/C24H24ClN3O2S/c25-20-9-7-17(8-10-20)14-26-23(29)24(30)27-15-21(22-6-3-13-31-22)28-12-11-18-4-1-2-5-19(18)16-28/h1-10,13,21H,11-12,14-16H2,(H,26,29)(H,27,30)/t21-/m0/s1. The van der Waals surface area contributed by atoms with Crippen LogP contribution in [0.4, 0.5) is 0 Å². The summed E-state index contributed by atoms with van der Waals surface area (Å²) in [5.74, 6) is -1.25. The van der Waals surface area contributed by atoms with Crippen molar-refractivity contribution in [1.82, 2.24) is 15.5 Å². The van der Waals surface area contributed by atoms with Crippen LogP contribution in [-0.4, -0.2) is 29.8 Å². The summed E-state index contributed by atoms with van der Waals surface area (Å²) >= 11 is 7.55. The van der Waals surface area contributed by atoms with Gasteiger partial charge in [-0.2, -0.15) is 0 Å². The molecule has 1 aromatic heterocycles. The smallest absolute Gasteiger partial charge is 0.309 e. The highest BCUT2D eigenvalue weighted by atomic mass is 35.5. The average Bonchev–Trinajstić information content (AvgIpc) is 3.33. The van der Waals surface area contributed by atoms with E-state index < -0.39 is 11.8 Å². The molecule has 1 atom stereocenters. The second kappa shape index (κ2) is 10.1. The van der Waals surface area contributed by atoms with Gasteiger partial charge in [0.1, 0.15) is 0 Å². The molecule has 2 amide bonds. The molecule has 1 aliphatic rings. The summed E-state index contributed by atoms with van der Waals surface area (Å²) in [7, 11) is 0. The number of carbonyl (C=O) groups is 2. The molecule has 31 heavy (non-hydrogen) atoms. The Bertz CT molecular complexity index is 1040. The Morgan fingerprint density at radius 1 is 0.968 bits per heavy atom. The third-order valence-electron chi connectivity index (χ3n) is 5.50. The van der Waals surface area contributed by atoms with E-state index in [4.69, 9.17) is 11.6 Å². The molecule has 0 saturated heterocycles. The van der Waals surface area contributed by atoms with E-state index in [2.05, 4.69) is 45.9 Å². The normalized spacial score (nSPS) is 14.5. The van der Waals surface area contributed by atoms with Crippen molar-refractivity contribution in [2.24, 2.45) is 0 Å². The van der Waals surface area contributed by atoms with Crippen molar-refractivity contribution in [3.05, 3.63) is 92.6 Å². The van der Waals surface area contributed by atoms with E-state index in [0.29, 0.717) is 11.6 Å². The molecule has 0 radical (unpaired) electrons. The SMILES string of the molecule is O=C(NCc1ccc(Cl)cc1)C(=O)NC[C@@H](c1cccs1)N1CCc2ccccc2C1. The molecule has 2 aromatic carbocycles. The minimum Gasteiger partial charge on any atom is -0.346 e. The lowest BCUT2D eigenvalue weighted by atomic mass is 9.98. The van der Waals surface area contributed by atoms with Crippen molar-refractivity contribution in [2.75, 3.05) is 13.1 Å². The van der Waals surface area contributed by atoms with Gasteiger partial charge in [-0.3, -0.25) is 14.5 Å². The molecule has 2 heterocycles. The molecule has 7 heteroatoms. The maximum Gasteiger partial charge on any atom is 0.309 e. The van der Waals surface area contributed by atoms with Crippen LogP contribution in [0.1, 0.15) is 27.6 Å². The molecule has 1 aliphatic heterocycles. The molecular formula is C24H24ClN3O2S. The maximum atomic E-state index is 12.4. The summed E-state index contributed by atoms with van der Waals surface area (Å²) < 4.78 is 0. The fraction of sp³-hybridized carbons (Fsp3) is 0.250. The third kappa shape index (κ3) is 5.53. The number of halogens is 1. The fourth-order valence-corrected chi connectivity index (χ4v) is 4.80. The van der Waals surface area contributed by atoms with E-state index >= 15 is 0 Å². The molecule has 0 unspecified atom stereocenters. The van der Waals surface area contributed by atoms with Gasteiger partial charge in [0.25, 0.3) is 0 Å². The lowest BCUT2D eigenvalue weighted by Crippen LogP contribution is -2.44. The summed E-state index contributed by atoms with van der Waals surface area (Å²) in [6.07, 6.45) is 0.980. The summed E-state index contributed by atoms with van der Waals surface area (Å²) in [6.45, 7) is 2.41. The molecule has 3 aromatic rings. The number of rotatable bonds is 6. The van der Waals surface area contributed by atoms with Crippen LogP contribution < -0.4 is 10.6 Å². The minimum absolute atomic E-state index is 0.0290. The van der Waals surface area contributed by atoms with Crippen molar-refractivity contribution in [1.29, 1.82) is 0 Å². The second-order valence-corrected chi connectivity index (χ2v) is 8.96. The fourth-order valence-electron chi connectivity index (χ4n) is 3.81. The minimum atomic E-state index is -0.635. The van der Waals surface area contributed by atoms with E-state index in [1.54, 1.807) is 23.5 Å². The number of amides is 2. The van der Waals surface area contributed by atoms with Gasteiger partial charge in [-0.05, 0) is 46.7 Å². The Kier molecular flexibility index (Phi) is 7.02. The first kappa shape index (κ1) is 21.6. The Hall–Kier alpha value is -2.67. The first-order chi connectivity index (χ1) is 15.1. The number of fused-ring (bicyclic) bond motifs is 1. The van der Waals surface area contributed by atoms with E-state index in [1.807, 2.05) is 23.6 Å². The molecule has 0 bridgehead atoms. The zero-order chi connectivity index (χ0) is 21.6. The Balaban J connectivity index is 1.36. The van der Waals surface area contributed by atoms with Gasteiger partial charge < -0.3 is 10.6 Å². The Morgan fingerprint density at radius 3 is 2.45 bits per heavy atom. The van der Waals surface area contributed by atoms with Crippen molar-refractivity contribution >= 4 is 34.8 Å². The lowest BCUT2D eigenvalue weighted by molar-refractivity contribution is -0.139. The van der Waals surface area contributed by atoms with Crippen LogP contribution in [0.5, 0.6) is 0 Å². The van der Waals surface area contributed by atoms with Crippen LogP contribution in [0, 0.1) is 0 Å². The number of nitrogens with zero attached hydrogens (tertiary/aromatic N) is 1. The monoisotopic (exact) mass is 453 g/mol. The van der Waals surface area contributed by atoms with Crippen molar-refractivity contribution in [2.45, 2.75) is 25.6 Å². The van der Waals surface area contributed by atoms with E-state index in [0.717, 1.165) is 25.1 Å². The predicted octanol–water partition coefficient (Wildman–Crippen LogP) is 3.93. The number of hydrogen-bond donors (Lipinski definition) is 2. The first-order valence-corrected chi connectivity index (χ1v) is 11.5. The predicted molar refractivity (Wildman–Crippen MR) is 124 cm³/mol. The molecule has 0 spiro atoms. The lowest BCUT2D eigenvalue weighted by Gasteiger charge is -2.35. The van der Waals surface area contributed by atoms with E-state index in [1.165, 1.54) is 16.0 Å². The molecule has 160 valence electrons. The average molecular weight is 454 g/mol. The molecule has 0 saturated carbocycles. The van der Waals surface area contributed by atoms with Gasteiger partial charge in [0.05, 0.1) is 6.04 Å². The van der Waals surface area contributed by atoms with Crippen LogP contribution in [0.15, 0.2) is 66.0 Å². The summed E-state index contributed by atoms with van der Waals surface area (Å²) in [4.78, 5) is 28.2. The second-order valence-electron chi connectivity index (χ2n) is 7.54. The van der Waals surface area contributed by atoms with Crippen molar-refractivity contribution in [3.8, 4) is 0 Å². The summed E-state index contributed by atoms with van der Waals surface area (Å²) in [5, 5.41) is 8.17. The summed E-state index contributed by atoms with van der Waals surface area (Å²) in [5.41, 5.74) is 3.59. The molecule has 2 N–H and O–H groups in total. The van der Waals surface area contributed by atoms with Gasteiger partial charge in [-0.1, -0.05) is 54.1 Å². The van der Waals surface area contributed by atoms with Crippen LogP contribution in [-0.2, 0) is 29.1 Å². The highest BCUT2D eigenvalue weighted by Gasteiger charge is 2.26. The molecule has 5 nitrogen and oxygen atoms in total. The van der Waals surface area contributed by atoms with Gasteiger partial charge in [-0.25, -0.2) is 0 Å². The number of hydrogen-bond acceptors (Lipinski definition) is 4. The maximum absolute atomic E-state index is 12.4. The highest BCUT2D eigenvalue weighted by Crippen LogP contribution is 2.30. The molecule has 4 rings (SSSR count). The number of carbonyl (C=O) groups excluding carboxylic acids is 2. The summed E-state index contributed by atoms with van der Waals surface area (Å²) in [6, 6.07) is 19.8. The van der Waals surface area contributed by atoms with Gasteiger partial charge >= 0.3 is 11.8 Å². The Labute approximate surface area is 191 Å². The van der Waals surface area contributed by atoms with Crippen molar-refractivity contribution in [3.63, 3.8) is 0 Å². The van der Waals surface area contributed by atoms with Gasteiger partial charge in [-0.15, -0.1) is 11.3 Å².